The van der Waals surface area contributed by atoms with Gasteiger partial charge in [0, 0.05) is 40.1 Å². The number of rotatable bonds is 7. The van der Waals surface area contributed by atoms with E-state index < -0.39 is 0 Å². The van der Waals surface area contributed by atoms with Crippen LogP contribution in [-0.2, 0) is 16.1 Å². The number of pyridine rings is 1. The third kappa shape index (κ3) is 4.30. The molecule has 7 nitrogen and oxygen atoms in total. The van der Waals surface area contributed by atoms with Crippen molar-refractivity contribution >= 4 is 5.82 Å². The maximum Gasteiger partial charge on any atom is 0.259 e. The summed E-state index contributed by atoms with van der Waals surface area (Å²) >= 11 is 0. The maximum atomic E-state index is 5.41. The average molecular weight is 332 g/mol. The summed E-state index contributed by atoms with van der Waals surface area (Å²) in [6.07, 6.45) is 5.28. The van der Waals surface area contributed by atoms with Gasteiger partial charge in [0.2, 0.25) is 0 Å². The van der Waals surface area contributed by atoms with E-state index in [2.05, 4.69) is 27.1 Å². The van der Waals surface area contributed by atoms with Crippen molar-refractivity contribution < 1.29 is 14.0 Å². The summed E-state index contributed by atoms with van der Waals surface area (Å²) in [5.41, 5.74) is 0.812. The summed E-state index contributed by atoms with van der Waals surface area (Å²) in [5.74, 6) is 2.71. The Hall–Kier alpha value is -1.99. The Bertz CT molecular complexity index is 623. The minimum absolute atomic E-state index is 0.337. The smallest absolute Gasteiger partial charge is 0.259 e. The lowest BCUT2D eigenvalue weighted by Gasteiger charge is -2.25. The van der Waals surface area contributed by atoms with Gasteiger partial charge in [0.15, 0.2) is 5.82 Å². The highest BCUT2D eigenvalue weighted by molar-refractivity contribution is 5.54. The quantitative estimate of drug-likeness (QED) is 0.771. The lowest BCUT2D eigenvalue weighted by Crippen LogP contribution is -2.24. The van der Waals surface area contributed by atoms with Gasteiger partial charge in [0.25, 0.3) is 5.89 Å². The predicted octanol–water partition coefficient (Wildman–Crippen LogP) is 2.53. The van der Waals surface area contributed by atoms with Crippen LogP contribution in [0.5, 0.6) is 0 Å². The van der Waals surface area contributed by atoms with Crippen LogP contribution in [0.2, 0.25) is 0 Å². The van der Waals surface area contributed by atoms with E-state index in [9.17, 15) is 0 Å². The molecule has 0 spiro atoms. The maximum absolute atomic E-state index is 5.41. The Balaban J connectivity index is 1.56. The van der Waals surface area contributed by atoms with Gasteiger partial charge >= 0.3 is 0 Å². The van der Waals surface area contributed by atoms with Crippen LogP contribution in [0.4, 0.5) is 5.82 Å². The van der Waals surface area contributed by atoms with Crippen LogP contribution in [0.3, 0.4) is 0 Å². The third-order valence-electron chi connectivity index (χ3n) is 4.34. The van der Waals surface area contributed by atoms with E-state index in [0.717, 1.165) is 37.1 Å². The van der Waals surface area contributed by atoms with E-state index in [1.54, 1.807) is 13.3 Å². The highest BCUT2D eigenvalue weighted by atomic mass is 16.5. The van der Waals surface area contributed by atoms with Crippen molar-refractivity contribution in [1.82, 2.24) is 15.1 Å². The van der Waals surface area contributed by atoms with Gasteiger partial charge in [-0.05, 0) is 37.3 Å². The van der Waals surface area contributed by atoms with E-state index in [0.29, 0.717) is 18.3 Å². The molecule has 2 aromatic heterocycles. The Labute approximate surface area is 142 Å². The van der Waals surface area contributed by atoms with Gasteiger partial charge in [-0.15, -0.1) is 0 Å². The van der Waals surface area contributed by atoms with Crippen molar-refractivity contribution in [2.75, 3.05) is 38.8 Å². The van der Waals surface area contributed by atoms with Crippen molar-refractivity contribution in [3.05, 3.63) is 24.2 Å². The van der Waals surface area contributed by atoms with E-state index in [-0.39, 0.29) is 0 Å². The fourth-order valence-corrected chi connectivity index (χ4v) is 2.82. The summed E-state index contributed by atoms with van der Waals surface area (Å²) in [4.78, 5) is 11.0. The molecule has 0 N–H and O–H groups in total. The number of anilines is 1. The molecule has 0 aromatic carbocycles. The van der Waals surface area contributed by atoms with Crippen LogP contribution >= 0.6 is 0 Å². The summed E-state index contributed by atoms with van der Waals surface area (Å²) in [6, 6.07) is 3.94. The molecule has 0 atom stereocenters. The van der Waals surface area contributed by atoms with Gasteiger partial charge < -0.3 is 18.9 Å². The number of nitrogens with zero attached hydrogens (tertiary/aromatic N) is 4. The first-order valence-electron chi connectivity index (χ1n) is 8.33. The summed E-state index contributed by atoms with van der Waals surface area (Å²) in [6.45, 7) is 3.13. The molecule has 3 heterocycles. The molecule has 0 bridgehead atoms. The highest BCUT2D eigenvalue weighted by Gasteiger charge is 2.15. The molecule has 1 fully saturated rings. The molecular formula is C17H24N4O3. The van der Waals surface area contributed by atoms with Gasteiger partial charge in [-0.3, -0.25) is 0 Å². The summed E-state index contributed by atoms with van der Waals surface area (Å²) in [7, 11) is 3.67. The van der Waals surface area contributed by atoms with Crippen LogP contribution in [0.1, 0.15) is 25.1 Å². The van der Waals surface area contributed by atoms with Gasteiger partial charge in [-0.2, -0.15) is 4.98 Å². The number of hydrogen-bond acceptors (Lipinski definition) is 7. The number of aromatic nitrogens is 3. The lowest BCUT2D eigenvalue weighted by molar-refractivity contribution is 0.0645. The zero-order valence-corrected chi connectivity index (χ0v) is 14.3. The van der Waals surface area contributed by atoms with Crippen molar-refractivity contribution in [1.29, 1.82) is 0 Å². The first-order chi connectivity index (χ1) is 11.8. The Morgan fingerprint density at radius 3 is 2.83 bits per heavy atom. The van der Waals surface area contributed by atoms with Crippen molar-refractivity contribution in [3.63, 3.8) is 0 Å². The van der Waals surface area contributed by atoms with Gasteiger partial charge in [-0.25, -0.2) is 4.98 Å². The molecule has 24 heavy (non-hydrogen) atoms. The summed E-state index contributed by atoms with van der Waals surface area (Å²) in [5, 5.41) is 3.86. The first kappa shape index (κ1) is 16.9. The molecule has 2 aromatic rings. The average Bonchev–Trinajstić information content (AvgIpc) is 3.10. The molecule has 0 amide bonds. The number of ether oxygens (including phenoxy) is 2. The normalized spacial score (nSPS) is 15.6. The standard InChI is InChI=1S/C17H24N4O3/c1-21(8-5-13-6-9-23-10-7-13)16-4-3-14(11-18-16)17-19-15(12-22-2)20-24-17/h3-4,11,13H,5-10,12H2,1-2H3. The largest absolute Gasteiger partial charge is 0.381 e. The van der Waals surface area contributed by atoms with E-state index >= 15 is 0 Å². The van der Waals surface area contributed by atoms with Gasteiger partial charge in [-0.1, -0.05) is 5.16 Å². The van der Waals surface area contributed by atoms with Crippen LogP contribution < -0.4 is 4.90 Å². The SMILES string of the molecule is COCc1noc(-c2ccc(N(C)CCC3CCOCC3)nc2)n1. The molecule has 0 radical (unpaired) electrons. The van der Waals surface area contributed by atoms with Gasteiger partial charge in [0.05, 0.1) is 5.56 Å². The van der Waals surface area contributed by atoms with Crippen LogP contribution in [-0.4, -0.2) is 49.0 Å². The van der Waals surface area contributed by atoms with Crippen molar-refractivity contribution in [2.45, 2.75) is 25.9 Å². The molecule has 0 saturated carbocycles. The number of methoxy groups -OCH3 is 1. The minimum atomic E-state index is 0.337. The molecule has 0 aliphatic carbocycles. The zero-order chi connectivity index (χ0) is 16.8. The molecular weight excluding hydrogens is 308 g/mol. The molecule has 7 heteroatoms. The first-order valence-corrected chi connectivity index (χ1v) is 8.33. The highest BCUT2D eigenvalue weighted by Crippen LogP contribution is 2.22. The van der Waals surface area contributed by atoms with Crippen LogP contribution in [0.15, 0.2) is 22.9 Å². The summed E-state index contributed by atoms with van der Waals surface area (Å²) < 4.78 is 15.6. The Morgan fingerprint density at radius 1 is 1.29 bits per heavy atom. The second kappa shape index (κ2) is 8.21. The van der Waals surface area contributed by atoms with Crippen molar-refractivity contribution in [2.24, 2.45) is 5.92 Å². The van der Waals surface area contributed by atoms with Crippen molar-refractivity contribution in [3.8, 4) is 11.5 Å². The van der Waals surface area contributed by atoms with E-state index in [1.807, 2.05) is 12.1 Å². The van der Waals surface area contributed by atoms with E-state index in [1.165, 1.54) is 19.3 Å². The van der Waals surface area contributed by atoms with Crippen LogP contribution in [0, 0.1) is 5.92 Å². The second-order valence-corrected chi connectivity index (χ2v) is 6.12. The fraction of sp³-hybridized carbons (Fsp3) is 0.588. The molecule has 1 saturated heterocycles. The molecule has 0 unspecified atom stereocenters. The molecule has 3 rings (SSSR count). The topological polar surface area (TPSA) is 73.5 Å². The monoisotopic (exact) mass is 332 g/mol. The third-order valence-corrected chi connectivity index (χ3v) is 4.34. The zero-order valence-electron chi connectivity index (χ0n) is 14.3. The predicted molar refractivity (Wildman–Crippen MR) is 89.7 cm³/mol. The second-order valence-electron chi connectivity index (χ2n) is 6.12. The Morgan fingerprint density at radius 2 is 2.12 bits per heavy atom. The minimum Gasteiger partial charge on any atom is -0.381 e. The lowest BCUT2D eigenvalue weighted by atomic mass is 9.96. The van der Waals surface area contributed by atoms with E-state index in [4.69, 9.17) is 14.0 Å². The molecule has 1 aliphatic heterocycles. The number of hydrogen-bond donors (Lipinski definition) is 0. The van der Waals surface area contributed by atoms with Crippen LogP contribution in [0.25, 0.3) is 11.5 Å². The van der Waals surface area contributed by atoms with Gasteiger partial charge in [0.1, 0.15) is 12.4 Å². The molecule has 1 aliphatic rings. The fourth-order valence-electron chi connectivity index (χ4n) is 2.82. The Kier molecular flexibility index (Phi) is 5.77. The molecule has 130 valence electrons.